The molecule has 5 rings (SSSR count). The molecule has 0 atom stereocenters. The van der Waals surface area contributed by atoms with Crippen LogP contribution in [0.15, 0.2) is 43.0 Å². The highest BCUT2D eigenvalue weighted by Crippen LogP contribution is 2.34. The molecule has 3 aromatic rings. The largest absolute Gasteiger partial charge is 0.369 e. The summed E-state index contributed by atoms with van der Waals surface area (Å²) in [6, 6.07) is 8.51. The van der Waals surface area contributed by atoms with Gasteiger partial charge in [-0.05, 0) is 37.1 Å². The highest BCUT2D eigenvalue weighted by atomic mass is 15.3. The SMILES string of the molecule is c1cc(CN2CCN(c3ccc4ncncc4c3)CC2)nc(C2CCC2)n1. The van der Waals surface area contributed by atoms with E-state index in [1.54, 1.807) is 6.33 Å². The van der Waals surface area contributed by atoms with Crippen molar-refractivity contribution >= 4 is 16.6 Å². The van der Waals surface area contributed by atoms with Gasteiger partial charge in [0, 0.05) is 62.1 Å². The van der Waals surface area contributed by atoms with Crippen molar-refractivity contribution in [1.29, 1.82) is 0 Å². The molecule has 2 aliphatic rings. The topological polar surface area (TPSA) is 58.0 Å². The molecule has 0 amide bonds. The molecule has 0 spiro atoms. The minimum Gasteiger partial charge on any atom is -0.369 e. The second-order valence-electron chi connectivity index (χ2n) is 7.56. The molecule has 0 unspecified atom stereocenters. The molecule has 1 aliphatic heterocycles. The fourth-order valence-corrected chi connectivity index (χ4v) is 3.93. The number of aromatic nitrogens is 4. The molecule has 1 saturated heterocycles. The van der Waals surface area contributed by atoms with Crippen LogP contribution in [0, 0.1) is 0 Å². The number of rotatable bonds is 4. The molecular weight excluding hydrogens is 336 g/mol. The summed E-state index contributed by atoms with van der Waals surface area (Å²) in [5.74, 6) is 1.65. The van der Waals surface area contributed by atoms with E-state index >= 15 is 0 Å². The van der Waals surface area contributed by atoms with Crippen molar-refractivity contribution in [3.63, 3.8) is 0 Å². The third kappa shape index (κ3) is 3.49. The van der Waals surface area contributed by atoms with Crippen LogP contribution in [-0.4, -0.2) is 51.0 Å². The monoisotopic (exact) mass is 360 g/mol. The molecule has 2 fully saturated rings. The summed E-state index contributed by atoms with van der Waals surface area (Å²) < 4.78 is 0. The summed E-state index contributed by atoms with van der Waals surface area (Å²) in [6.07, 6.45) is 9.24. The Morgan fingerprint density at radius 2 is 1.89 bits per heavy atom. The van der Waals surface area contributed by atoms with Gasteiger partial charge in [-0.1, -0.05) is 6.42 Å². The molecule has 1 saturated carbocycles. The second kappa shape index (κ2) is 7.19. The first-order chi connectivity index (χ1) is 13.3. The average molecular weight is 360 g/mol. The summed E-state index contributed by atoms with van der Waals surface area (Å²) in [7, 11) is 0. The molecule has 0 N–H and O–H groups in total. The summed E-state index contributed by atoms with van der Waals surface area (Å²) in [5, 5.41) is 1.10. The maximum absolute atomic E-state index is 4.82. The normalized spacial score (nSPS) is 18.6. The average Bonchev–Trinajstić information content (AvgIpc) is 2.67. The van der Waals surface area contributed by atoms with Gasteiger partial charge < -0.3 is 4.90 Å². The summed E-state index contributed by atoms with van der Waals surface area (Å²) in [4.78, 5) is 22.7. The van der Waals surface area contributed by atoms with E-state index in [9.17, 15) is 0 Å². The number of hydrogen-bond acceptors (Lipinski definition) is 6. The first kappa shape index (κ1) is 16.6. The zero-order valence-electron chi connectivity index (χ0n) is 15.5. The zero-order chi connectivity index (χ0) is 18.1. The van der Waals surface area contributed by atoms with Crippen LogP contribution in [0.5, 0.6) is 0 Å². The van der Waals surface area contributed by atoms with Gasteiger partial charge in [0.1, 0.15) is 12.2 Å². The van der Waals surface area contributed by atoms with Gasteiger partial charge in [-0.25, -0.2) is 19.9 Å². The van der Waals surface area contributed by atoms with Gasteiger partial charge in [0.05, 0.1) is 11.2 Å². The smallest absolute Gasteiger partial charge is 0.131 e. The predicted octanol–water partition coefficient (Wildman–Crippen LogP) is 3.01. The van der Waals surface area contributed by atoms with Crippen molar-refractivity contribution < 1.29 is 0 Å². The van der Waals surface area contributed by atoms with Crippen LogP contribution in [0.25, 0.3) is 10.9 Å². The molecule has 0 radical (unpaired) electrons. The van der Waals surface area contributed by atoms with E-state index in [-0.39, 0.29) is 0 Å². The van der Waals surface area contributed by atoms with Gasteiger partial charge in [0.2, 0.25) is 0 Å². The standard InChI is InChI=1S/C21H24N6/c1-2-16(3-1)21-23-7-6-18(25-21)14-26-8-10-27(11-9-26)19-4-5-20-17(12-19)13-22-15-24-20/h4-7,12-13,15-16H,1-3,8-11,14H2. The third-order valence-electron chi connectivity index (χ3n) is 5.81. The van der Waals surface area contributed by atoms with E-state index in [1.807, 2.05) is 12.4 Å². The van der Waals surface area contributed by atoms with Crippen LogP contribution >= 0.6 is 0 Å². The van der Waals surface area contributed by atoms with E-state index in [2.05, 4.69) is 49.0 Å². The molecule has 6 nitrogen and oxygen atoms in total. The lowest BCUT2D eigenvalue weighted by molar-refractivity contribution is 0.246. The fraction of sp³-hybridized carbons (Fsp3) is 0.429. The van der Waals surface area contributed by atoms with Crippen LogP contribution in [-0.2, 0) is 6.54 Å². The predicted molar refractivity (Wildman–Crippen MR) is 106 cm³/mol. The molecule has 1 aliphatic carbocycles. The number of hydrogen-bond donors (Lipinski definition) is 0. The van der Waals surface area contributed by atoms with E-state index in [4.69, 9.17) is 4.98 Å². The Balaban J connectivity index is 1.22. The van der Waals surface area contributed by atoms with Crippen LogP contribution < -0.4 is 4.90 Å². The van der Waals surface area contributed by atoms with Crippen molar-refractivity contribution in [2.24, 2.45) is 0 Å². The van der Waals surface area contributed by atoms with Crippen molar-refractivity contribution in [3.05, 3.63) is 54.5 Å². The van der Waals surface area contributed by atoms with Crippen molar-refractivity contribution in [1.82, 2.24) is 24.8 Å². The van der Waals surface area contributed by atoms with Gasteiger partial charge in [0.25, 0.3) is 0 Å². The van der Waals surface area contributed by atoms with Gasteiger partial charge in [0.15, 0.2) is 0 Å². The first-order valence-electron chi connectivity index (χ1n) is 9.84. The van der Waals surface area contributed by atoms with Gasteiger partial charge in [-0.2, -0.15) is 0 Å². The molecule has 138 valence electrons. The Morgan fingerprint density at radius 1 is 1.00 bits per heavy atom. The summed E-state index contributed by atoms with van der Waals surface area (Å²) in [5.41, 5.74) is 3.41. The van der Waals surface area contributed by atoms with Crippen molar-refractivity contribution in [3.8, 4) is 0 Å². The number of benzene rings is 1. The molecule has 2 aromatic heterocycles. The first-order valence-corrected chi connectivity index (χ1v) is 9.84. The van der Waals surface area contributed by atoms with Crippen LogP contribution in [0.3, 0.4) is 0 Å². The van der Waals surface area contributed by atoms with Gasteiger partial charge in [-0.15, -0.1) is 0 Å². The lowest BCUT2D eigenvalue weighted by Crippen LogP contribution is -2.46. The van der Waals surface area contributed by atoms with E-state index in [0.717, 1.165) is 55.1 Å². The van der Waals surface area contributed by atoms with Crippen molar-refractivity contribution in [2.45, 2.75) is 31.7 Å². The number of nitrogens with zero attached hydrogens (tertiary/aromatic N) is 6. The Hall–Kier alpha value is -2.60. The zero-order valence-corrected chi connectivity index (χ0v) is 15.5. The van der Waals surface area contributed by atoms with E-state index < -0.39 is 0 Å². The van der Waals surface area contributed by atoms with Crippen LogP contribution in [0.4, 0.5) is 5.69 Å². The minimum absolute atomic E-state index is 0.596. The van der Waals surface area contributed by atoms with Gasteiger partial charge in [-0.3, -0.25) is 4.90 Å². The third-order valence-corrected chi connectivity index (χ3v) is 5.81. The fourth-order valence-electron chi connectivity index (χ4n) is 3.93. The number of anilines is 1. The highest BCUT2D eigenvalue weighted by molar-refractivity contribution is 5.81. The molecule has 1 aromatic carbocycles. The quantitative estimate of drug-likeness (QED) is 0.713. The van der Waals surface area contributed by atoms with Crippen LogP contribution in [0.2, 0.25) is 0 Å². The second-order valence-corrected chi connectivity index (χ2v) is 7.56. The lowest BCUT2D eigenvalue weighted by atomic mass is 9.85. The Labute approximate surface area is 159 Å². The molecule has 27 heavy (non-hydrogen) atoms. The maximum Gasteiger partial charge on any atom is 0.131 e. The minimum atomic E-state index is 0.596. The number of piperazine rings is 1. The number of fused-ring (bicyclic) bond motifs is 1. The Bertz CT molecular complexity index is 931. The van der Waals surface area contributed by atoms with E-state index in [1.165, 1.54) is 24.9 Å². The summed E-state index contributed by atoms with van der Waals surface area (Å²) >= 11 is 0. The van der Waals surface area contributed by atoms with E-state index in [0.29, 0.717) is 5.92 Å². The maximum atomic E-state index is 4.82. The molecule has 0 bridgehead atoms. The van der Waals surface area contributed by atoms with Crippen LogP contribution in [0.1, 0.15) is 36.7 Å². The highest BCUT2D eigenvalue weighted by Gasteiger charge is 2.23. The Morgan fingerprint density at radius 3 is 2.70 bits per heavy atom. The molecule has 6 heteroatoms. The Kier molecular flexibility index (Phi) is 4.41. The molecular formula is C21H24N6. The lowest BCUT2D eigenvalue weighted by Gasteiger charge is -2.36. The molecule has 3 heterocycles. The van der Waals surface area contributed by atoms with Crippen molar-refractivity contribution in [2.75, 3.05) is 31.1 Å². The van der Waals surface area contributed by atoms with Gasteiger partial charge >= 0.3 is 0 Å². The summed E-state index contributed by atoms with van der Waals surface area (Å²) in [6.45, 7) is 5.07.